The van der Waals surface area contributed by atoms with E-state index in [2.05, 4.69) is 34.0 Å². The standard InChI is InChI=1S/C16H24N4O2/c1-10(2)20-5-4-14-13(20)6-15(22-14)16(21)19-9-12-8-17-11(3)7-18-12/h7-8,10,13-15H,4-6,9H2,1-3H3,(H,19,21)/t13?,14?,15-/m1/s1. The number of fused-ring (bicyclic) bond motifs is 1. The van der Waals surface area contributed by atoms with Gasteiger partial charge in [0.25, 0.3) is 0 Å². The Morgan fingerprint density at radius 1 is 1.45 bits per heavy atom. The van der Waals surface area contributed by atoms with Gasteiger partial charge in [-0.05, 0) is 27.2 Å². The van der Waals surface area contributed by atoms with Crippen molar-refractivity contribution in [1.29, 1.82) is 0 Å². The van der Waals surface area contributed by atoms with Gasteiger partial charge in [0.05, 0.1) is 30.2 Å². The number of hydrogen-bond donors (Lipinski definition) is 1. The van der Waals surface area contributed by atoms with Gasteiger partial charge in [-0.2, -0.15) is 0 Å². The van der Waals surface area contributed by atoms with Crippen molar-refractivity contribution in [2.75, 3.05) is 6.54 Å². The van der Waals surface area contributed by atoms with Crippen molar-refractivity contribution in [2.24, 2.45) is 0 Å². The second-order valence-corrected chi connectivity index (χ2v) is 6.45. The maximum atomic E-state index is 12.3. The average molecular weight is 304 g/mol. The number of carbonyl (C=O) groups excluding carboxylic acids is 1. The summed E-state index contributed by atoms with van der Waals surface area (Å²) in [6, 6.07) is 0.887. The number of ether oxygens (including phenoxy) is 1. The monoisotopic (exact) mass is 304 g/mol. The fourth-order valence-corrected chi connectivity index (χ4v) is 3.39. The molecule has 3 rings (SSSR count). The molecule has 2 aliphatic heterocycles. The van der Waals surface area contributed by atoms with Crippen molar-refractivity contribution in [3.63, 3.8) is 0 Å². The second-order valence-electron chi connectivity index (χ2n) is 6.45. The molecule has 6 heteroatoms. The molecule has 2 saturated heterocycles. The highest BCUT2D eigenvalue weighted by Crippen LogP contribution is 2.34. The maximum absolute atomic E-state index is 12.3. The van der Waals surface area contributed by atoms with E-state index in [1.165, 1.54) is 0 Å². The van der Waals surface area contributed by atoms with Crippen LogP contribution in [0.5, 0.6) is 0 Å². The molecule has 3 heterocycles. The van der Waals surface area contributed by atoms with Crippen molar-refractivity contribution in [3.05, 3.63) is 23.8 Å². The zero-order valence-electron chi connectivity index (χ0n) is 13.5. The van der Waals surface area contributed by atoms with Gasteiger partial charge in [-0.1, -0.05) is 0 Å². The zero-order chi connectivity index (χ0) is 15.7. The van der Waals surface area contributed by atoms with Gasteiger partial charge in [0.2, 0.25) is 5.91 Å². The van der Waals surface area contributed by atoms with Crippen LogP contribution in [0.1, 0.15) is 38.1 Å². The van der Waals surface area contributed by atoms with E-state index >= 15 is 0 Å². The quantitative estimate of drug-likeness (QED) is 0.900. The van der Waals surface area contributed by atoms with Crippen molar-refractivity contribution >= 4 is 5.91 Å². The molecule has 22 heavy (non-hydrogen) atoms. The van der Waals surface area contributed by atoms with Gasteiger partial charge in [-0.3, -0.25) is 19.7 Å². The molecule has 0 aromatic carbocycles. The number of aromatic nitrogens is 2. The molecule has 1 aromatic heterocycles. The molecular formula is C16H24N4O2. The van der Waals surface area contributed by atoms with Crippen LogP contribution in [0.25, 0.3) is 0 Å². The highest BCUT2D eigenvalue weighted by atomic mass is 16.5. The van der Waals surface area contributed by atoms with Gasteiger partial charge < -0.3 is 10.1 Å². The third-order valence-corrected chi connectivity index (χ3v) is 4.56. The number of aryl methyl sites for hydroxylation is 1. The molecule has 2 unspecified atom stereocenters. The SMILES string of the molecule is Cc1cnc(CNC(=O)[C@H]2CC3C(CCN3C(C)C)O2)cn1. The Hall–Kier alpha value is -1.53. The average Bonchev–Trinajstić information content (AvgIpc) is 3.06. The summed E-state index contributed by atoms with van der Waals surface area (Å²) in [6.07, 6.45) is 5.08. The fourth-order valence-electron chi connectivity index (χ4n) is 3.39. The summed E-state index contributed by atoms with van der Waals surface area (Å²) in [6.45, 7) is 7.76. The van der Waals surface area contributed by atoms with Crippen LogP contribution in [0.3, 0.4) is 0 Å². The van der Waals surface area contributed by atoms with E-state index in [-0.39, 0.29) is 18.1 Å². The van der Waals surface area contributed by atoms with E-state index in [0.717, 1.165) is 30.8 Å². The van der Waals surface area contributed by atoms with Crippen LogP contribution in [0.2, 0.25) is 0 Å². The minimum absolute atomic E-state index is 0.0412. The Morgan fingerprint density at radius 2 is 2.27 bits per heavy atom. The molecular weight excluding hydrogens is 280 g/mol. The van der Waals surface area contributed by atoms with Gasteiger partial charge in [-0.25, -0.2) is 0 Å². The number of amides is 1. The first-order chi connectivity index (χ1) is 10.5. The van der Waals surface area contributed by atoms with Gasteiger partial charge in [0.15, 0.2) is 0 Å². The van der Waals surface area contributed by atoms with Crippen LogP contribution in [0, 0.1) is 6.92 Å². The Kier molecular flexibility index (Phi) is 4.40. The highest BCUT2D eigenvalue weighted by Gasteiger charge is 2.46. The molecule has 0 radical (unpaired) electrons. The lowest BCUT2D eigenvalue weighted by Crippen LogP contribution is -2.39. The minimum Gasteiger partial charge on any atom is -0.363 e. The van der Waals surface area contributed by atoms with Crippen LogP contribution in [0.4, 0.5) is 0 Å². The van der Waals surface area contributed by atoms with E-state index < -0.39 is 0 Å². The Labute approximate surface area is 131 Å². The molecule has 1 amide bonds. The number of rotatable bonds is 4. The number of hydrogen-bond acceptors (Lipinski definition) is 5. The molecule has 2 fully saturated rings. The number of nitrogens with one attached hydrogen (secondary N) is 1. The van der Waals surface area contributed by atoms with Gasteiger partial charge >= 0.3 is 0 Å². The molecule has 6 nitrogen and oxygen atoms in total. The third kappa shape index (κ3) is 3.13. The summed E-state index contributed by atoms with van der Waals surface area (Å²) in [5.41, 5.74) is 1.64. The molecule has 0 bridgehead atoms. The van der Waals surface area contributed by atoms with Gasteiger partial charge in [-0.15, -0.1) is 0 Å². The number of carbonyl (C=O) groups is 1. The summed E-state index contributed by atoms with van der Waals surface area (Å²) in [7, 11) is 0. The lowest BCUT2D eigenvalue weighted by Gasteiger charge is -2.26. The van der Waals surface area contributed by atoms with E-state index in [0.29, 0.717) is 18.6 Å². The van der Waals surface area contributed by atoms with E-state index in [1.54, 1.807) is 12.4 Å². The Morgan fingerprint density at radius 3 is 2.95 bits per heavy atom. The second kappa shape index (κ2) is 6.30. The van der Waals surface area contributed by atoms with Crippen molar-refractivity contribution < 1.29 is 9.53 Å². The number of nitrogens with zero attached hydrogens (tertiary/aromatic N) is 3. The molecule has 3 atom stereocenters. The van der Waals surface area contributed by atoms with Gasteiger partial charge in [0.1, 0.15) is 6.10 Å². The summed E-state index contributed by atoms with van der Waals surface area (Å²) < 4.78 is 5.95. The molecule has 120 valence electrons. The van der Waals surface area contributed by atoms with Gasteiger partial charge in [0, 0.05) is 31.2 Å². The fraction of sp³-hybridized carbons (Fsp3) is 0.688. The van der Waals surface area contributed by atoms with Crippen LogP contribution in [0.15, 0.2) is 12.4 Å². The van der Waals surface area contributed by atoms with Crippen molar-refractivity contribution in [2.45, 2.75) is 64.4 Å². The first-order valence-electron chi connectivity index (χ1n) is 8.01. The molecule has 1 N–H and O–H groups in total. The Balaban J connectivity index is 1.53. The molecule has 1 aromatic rings. The molecule has 0 saturated carbocycles. The topological polar surface area (TPSA) is 67.4 Å². The smallest absolute Gasteiger partial charge is 0.249 e. The van der Waals surface area contributed by atoms with Crippen LogP contribution < -0.4 is 5.32 Å². The zero-order valence-corrected chi connectivity index (χ0v) is 13.5. The van der Waals surface area contributed by atoms with E-state index in [4.69, 9.17) is 4.74 Å². The molecule has 0 aliphatic carbocycles. The summed E-state index contributed by atoms with van der Waals surface area (Å²) in [5.74, 6) is -0.0412. The van der Waals surface area contributed by atoms with Crippen molar-refractivity contribution in [1.82, 2.24) is 20.2 Å². The summed E-state index contributed by atoms with van der Waals surface area (Å²) in [5, 5.41) is 2.91. The first-order valence-corrected chi connectivity index (χ1v) is 8.01. The lowest BCUT2D eigenvalue weighted by atomic mass is 10.1. The Bertz CT molecular complexity index is 531. The predicted octanol–water partition coefficient (Wildman–Crippen LogP) is 1.04. The summed E-state index contributed by atoms with van der Waals surface area (Å²) in [4.78, 5) is 23.2. The maximum Gasteiger partial charge on any atom is 0.249 e. The molecule has 2 aliphatic rings. The van der Waals surface area contributed by atoms with Crippen molar-refractivity contribution in [3.8, 4) is 0 Å². The predicted molar refractivity (Wildman–Crippen MR) is 82.1 cm³/mol. The largest absolute Gasteiger partial charge is 0.363 e. The normalized spacial score (nSPS) is 28.1. The first kappa shape index (κ1) is 15.4. The molecule has 0 spiro atoms. The van der Waals surface area contributed by atoms with Crippen LogP contribution in [-0.2, 0) is 16.1 Å². The highest BCUT2D eigenvalue weighted by molar-refractivity contribution is 5.81. The number of likely N-dealkylation sites (tertiary alicyclic amines) is 1. The minimum atomic E-state index is -0.338. The van der Waals surface area contributed by atoms with E-state index in [1.807, 2.05) is 6.92 Å². The van der Waals surface area contributed by atoms with Crippen LogP contribution >= 0.6 is 0 Å². The summed E-state index contributed by atoms with van der Waals surface area (Å²) >= 11 is 0. The lowest BCUT2D eigenvalue weighted by molar-refractivity contribution is -0.132. The van der Waals surface area contributed by atoms with Crippen LogP contribution in [-0.4, -0.2) is 51.6 Å². The van der Waals surface area contributed by atoms with E-state index in [9.17, 15) is 4.79 Å². The third-order valence-electron chi connectivity index (χ3n) is 4.56.